The van der Waals surface area contributed by atoms with Gasteiger partial charge in [0.15, 0.2) is 0 Å². The third-order valence-electron chi connectivity index (χ3n) is 4.41. The fourth-order valence-electron chi connectivity index (χ4n) is 3.44. The van der Waals surface area contributed by atoms with Gasteiger partial charge in [-0.1, -0.05) is 30.7 Å². The summed E-state index contributed by atoms with van der Waals surface area (Å²) in [5, 5.41) is 14.5. The predicted molar refractivity (Wildman–Crippen MR) is 74.8 cm³/mol. The SMILES string of the molecule is O=[N+]([O-])c1ccccc1/C=C/C1NCC2CCCC21. The van der Waals surface area contributed by atoms with Crippen molar-refractivity contribution in [1.82, 2.24) is 5.32 Å². The van der Waals surface area contributed by atoms with Crippen LogP contribution in [0, 0.1) is 22.0 Å². The molecule has 2 aliphatic rings. The minimum Gasteiger partial charge on any atom is -0.310 e. The van der Waals surface area contributed by atoms with Gasteiger partial charge in [0.1, 0.15) is 0 Å². The Kier molecular flexibility index (Phi) is 3.34. The van der Waals surface area contributed by atoms with Crippen molar-refractivity contribution in [2.45, 2.75) is 25.3 Å². The molecule has 100 valence electrons. The molecule has 1 saturated carbocycles. The van der Waals surface area contributed by atoms with Crippen LogP contribution in [0.2, 0.25) is 0 Å². The smallest absolute Gasteiger partial charge is 0.276 e. The highest BCUT2D eigenvalue weighted by molar-refractivity contribution is 5.61. The van der Waals surface area contributed by atoms with Crippen LogP contribution < -0.4 is 5.32 Å². The van der Waals surface area contributed by atoms with Crippen LogP contribution in [0.4, 0.5) is 5.69 Å². The predicted octanol–water partition coefficient (Wildman–Crippen LogP) is 3.00. The van der Waals surface area contributed by atoms with Crippen molar-refractivity contribution >= 4 is 11.8 Å². The van der Waals surface area contributed by atoms with Gasteiger partial charge in [-0.25, -0.2) is 0 Å². The van der Waals surface area contributed by atoms with E-state index < -0.39 is 0 Å². The Balaban J connectivity index is 1.78. The number of rotatable bonds is 3. The molecule has 1 aromatic rings. The first-order valence-corrected chi connectivity index (χ1v) is 6.91. The molecule has 1 saturated heterocycles. The summed E-state index contributed by atoms with van der Waals surface area (Å²) in [7, 11) is 0. The summed E-state index contributed by atoms with van der Waals surface area (Å²) in [5.41, 5.74) is 0.871. The van der Waals surface area contributed by atoms with E-state index in [2.05, 4.69) is 11.4 Å². The number of fused-ring (bicyclic) bond motifs is 1. The summed E-state index contributed by atoms with van der Waals surface area (Å²) in [6, 6.07) is 7.28. The molecular formula is C15H18N2O2. The molecule has 0 aromatic heterocycles. The van der Waals surface area contributed by atoms with Gasteiger partial charge in [0, 0.05) is 12.1 Å². The van der Waals surface area contributed by atoms with Crippen molar-refractivity contribution in [3.63, 3.8) is 0 Å². The highest BCUT2D eigenvalue weighted by atomic mass is 16.6. The molecule has 1 N–H and O–H groups in total. The zero-order valence-corrected chi connectivity index (χ0v) is 10.8. The van der Waals surface area contributed by atoms with Gasteiger partial charge in [0.25, 0.3) is 5.69 Å². The van der Waals surface area contributed by atoms with Crippen LogP contribution in [0.1, 0.15) is 24.8 Å². The van der Waals surface area contributed by atoms with Gasteiger partial charge in [-0.05, 0) is 37.3 Å². The molecular weight excluding hydrogens is 240 g/mol. The Morgan fingerprint density at radius 3 is 3.00 bits per heavy atom. The third kappa shape index (κ3) is 2.40. The zero-order valence-electron chi connectivity index (χ0n) is 10.8. The second kappa shape index (κ2) is 5.13. The normalized spacial score (nSPS) is 29.8. The zero-order chi connectivity index (χ0) is 13.2. The molecule has 0 radical (unpaired) electrons. The molecule has 3 unspecified atom stereocenters. The van der Waals surface area contributed by atoms with Gasteiger partial charge in [0.2, 0.25) is 0 Å². The number of hydrogen-bond donors (Lipinski definition) is 1. The van der Waals surface area contributed by atoms with E-state index >= 15 is 0 Å². The maximum absolute atomic E-state index is 11.0. The van der Waals surface area contributed by atoms with Crippen molar-refractivity contribution in [1.29, 1.82) is 0 Å². The lowest BCUT2D eigenvalue weighted by Crippen LogP contribution is -2.23. The van der Waals surface area contributed by atoms with Gasteiger partial charge in [-0.15, -0.1) is 0 Å². The molecule has 2 fully saturated rings. The average Bonchev–Trinajstić information content (AvgIpc) is 3.00. The Labute approximate surface area is 112 Å². The van der Waals surface area contributed by atoms with Gasteiger partial charge in [0.05, 0.1) is 10.5 Å². The van der Waals surface area contributed by atoms with Crippen molar-refractivity contribution in [3.05, 3.63) is 46.0 Å². The summed E-state index contributed by atoms with van der Waals surface area (Å²) in [6.07, 6.45) is 7.94. The molecule has 4 heteroatoms. The molecule has 1 aliphatic heterocycles. The lowest BCUT2D eigenvalue weighted by molar-refractivity contribution is -0.385. The van der Waals surface area contributed by atoms with Gasteiger partial charge in [-0.2, -0.15) is 0 Å². The minimum absolute atomic E-state index is 0.180. The molecule has 1 aliphatic carbocycles. The van der Waals surface area contributed by atoms with Crippen LogP contribution in [-0.4, -0.2) is 17.5 Å². The van der Waals surface area contributed by atoms with Gasteiger partial charge in [-0.3, -0.25) is 10.1 Å². The molecule has 0 bridgehead atoms. The lowest BCUT2D eigenvalue weighted by Gasteiger charge is -2.13. The van der Waals surface area contributed by atoms with Crippen molar-refractivity contribution < 1.29 is 4.92 Å². The summed E-state index contributed by atoms with van der Waals surface area (Å²) < 4.78 is 0. The number of hydrogen-bond acceptors (Lipinski definition) is 3. The summed E-state index contributed by atoms with van der Waals surface area (Å²) in [4.78, 5) is 10.6. The van der Waals surface area contributed by atoms with E-state index in [9.17, 15) is 10.1 Å². The minimum atomic E-state index is -0.319. The van der Waals surface area contributed by atoms with E-state index in [0.717, 1.165) is 18.4 Å². The van der Waals surface area contributed by atoms with Crippen LogP contribution in [0.5, 0.6) is 0 Å². The van der Waals surface area contributed by atoms with Crippen LogP contribution in [-0.2, 0) is 0 Å². The fraction of sp³-hybridized carbons (Fsp3) is 0.467. The van der Waals surface area contributed by atoms with Gasteiger partial charge >= 0.3 is 0 Å². The third-order valence-corrected chi connectivity index (χ3v) is 4.41. The molecule has 4 nitrogen and oxygen atoms in total. The first-order valence-electron chi connectivity index (χ1n) is 6.91. The summed E-state index contributed by atoms with van der Waals surface area (Å²) >= 11 is 0. The molecule has 1 aromatic carbocycles. The van der Waals surface area contributed by atoms with Crippen molar-refractivity contribution in [3.8, 4) is 0 Å². The van der Waals surface area contributed by atoms with E-state index in [1.54, 1.807) is 18.2 Å². The fourth-order valence-corrected chi connectivity index (χ4v) is 3.44. The highest BCUT2D eigenvalue weighted by Gasteiger charge is 2.37. The van der Waals surface area contributed by atoms with Crippen LogP contribution in [0.3, 0.4) is 0 Å². The second-order valence-electron chi connectivity index (χ2n) is 5.46. The van der Waals surface area contributed by atoms with Gasteiger partial charge < -0.3 is 5.32 Å². The second-order valence-corrected chi connectivity index (χ2v) is 5.46. The highest BCUT2D eigenvalue weighted by Crippen LogP contribution is 2.38. The van der Waals surface area contributed by atoms with Crippen LogP contribution in [0.25, 0.3) is 6.08 Å². The largest absolute Gasteiger partial charge is 0.310 e. The lowest BCUT2D eigenvalue weighted by atomic mass is 9.93. The molecule has 0 spiro atoms. The van der Waals surface area contributed by atoms with E-state index in [-0.39, 0.29) is 10.6 Å². The molecule has 1 heterocycles. The maximum Gasteiger partial charge on any atom is 0.276 e. The number of nitro benzene ring substituents is 1. The number of nitro groups is 1. The van der Waals surface area contributed by atoms with E-state index in [4.69, 9.17) is 0 Å². The summed E-state index contributed by atoms with van der Waals surface area (Å²) in [5.74, 6) is 1.53. The Bertz CT molecular complexity index is 513. The standard InChI is InChI=1S/C15H18N2O2/c18-17(19)15-7-2-1-4-11(15)8-9-14-13-6-3-5-12(13)10-16-14/h1-2,4,7-9,12-14,16H,3,5-6,10H2/b9-8+. The Morgan fingerprint density at radius 1 is 1.32 bits per heavy atom. The van der Waals surface area contributed by atoms with E-state index in [0.29, 0.717) is 11.6 Å². The summed E-state index contributed by atoms with van der Waals surface area (Å²) in [6.45, 7) is 1.09. The van der Waals surface area contributed by atoms with Crippen LogP contribution in [0.15, 0.2) is 30.3 Å². The maximum atomic E-state index is 11.0. The van der Waals surface area contributed by atoms with E-state index in [1.165, 1.54) is 19.3 Å². The average molecular weight is 258 g/mol. The van der Waals surface area contributed by atoms with Crippen molar-refractivity contribution in [2.24, 2.45) is 11.8 Å². The van der Waals surface area contributed by atoms with Crippen LogP contribution >= 0.6 is 0 Å². The quantitative estimate of drug-likeness (QED) is 0.669. The molecule has 0 amide bonds. The monoisotopic (exact) mass is 258 g/mol. The first kappa shape index (κ1) is 12.4. The molecule has 3 rings (SSSR count). The number of benzene rings is 1. The number of nitrogens with zero attached hydrogens (tertiary/aromatic N) is 1. The Hall–Kier alpha value is -1.68. The topological polar surface area (TPSA) is 55.2 Å². The molecule has 3 atom stereocenters. The van der Waals surface area contributed by atoms with E-state index in [1.807, 2.05) is 12.1 Å². The number of nitrogens with one attached hydrogen (secondary N) is 1. The first-order chi connectivity index (χ1) is 9.25. The Morgan fingerprint density at radius 2 is 2.16 bits per heavy atom. The number of para-hydroxylation sites is 1. The molecule has 19 heavy (non-hydrogen) atoms. The van der Waals surface area contributed by atoms with Crippen molar-refractivity contribution in [2.75, 3.05) is 6.54 Å².